The summed E-state index contributed by atoms with van der Waals surface area (Å²) < 4.78 is 38.8. The lowest BCUT2D eigenvalue weighted by Gasteiger charge is -2.35. The predicted octanol–water partition coefficient (Wildman–Crippen LogP) is 6.65. The van der Waals surface area contributed by atoms with Gasteiger partial charge >= 0.3 is 0 Å². The number of pyridine rings is 1. The van der Waals surface area contributed by atoms with Crippen LogP contribution in [-0.4, -0.2) is 61.8 Å². The Morgan fingerprint density at radius 3 is 2.58 bits per heavy atom. The van der Waals surface area contributed by atoms with E-state index in [9.17, 15) is 0 Å². The van der Waals surface area contributed by atoms with E-state index in [-0.39, 0.29) is 11.1 Å². The SMILES string of the molecule is CN1CCCC(COc2cc(N3C[C@H]4CC[C@@H](C3)N4)c3cc(F)c(-c4cccc5cccc(Cl)c45)c(F)c3n2)C1. The van der Waals surface area contributed by atoms with Gasteiger partial charge in [-0.15, -0.1) is 0 Å². The monoisotopic (exact) mass is 562 g/mol. The number of benzene rings is 3. The van der Waals surface area contributed by atoms with Crippen molar-refractivity contribution in [2.24, 2.45) is 5.92 Å². The molecule has 0 radical (unpaired) electrons. The molecule has 7 rings (SSSR count). The van der Waals surface area contributed by atoms with Crippen molar-refractivity contribution >= 4 is 39.0 Å². The van der Waals surface area contributed by atoms with Crippen LogP contribution in [0.5, 0.6) is 5.88 Å². The minimum Gasteiger partial charge on any atom is -0.477 e. The van der Waals surface area contributed by atoms with Gasteiger partial charge in [-0.05, 0) is 62.4 Å². The number of rotatable bonds is 5. The molecule has 3 aliphatic rings. The summed E-state index contributed by atoms with van der Waals surface area (Å²) in [5, 5.41) is 6.01. The van der Waals surface area contributed by atoms with E-state index in [4.69, 9.17) is 16.3 Å². The van der Waals surface area contributed by atoms with Gasteiger partial charge in [0.15, 0.2) is 5.82 Å². The van der Waals surface area contributed by atoms with Crippen LogP contribution < -0.4 is 15.0 Å². The predicted molar refractivity (Wildman–Crippen MR) is 157 cm³/mol. The number of hydrogen-bond donors (Lipinski definition) is 1. The lowest BCUT2D eigenvalue weighted by atomic mass is 9.95. The zero-order valence-corrected chi connectivity index (χ0v) is 23.4. The zero-order chi connectivity index (χ0) is 27.4. The first-order valence-corrected chi connectivity index (χ1v) is 14.6. The number of nitrogens with zero attached hydrogens (tertiary/aromatic N) is 3. The van der Waals surface area contributed by atoms with Gasteiger partial charge in [0, 0.05) is 59.5 Å². The normalized spacial score (nSPS) is 23.3. The molecule has 208 valence electrons. The molecule has 40 heavy (non-hydrogen) atoms. The number of anilines is 1. The molecule has 5 nitrogen and oxygen atoms in total. The average Bonchev–Trinajstić information content (AvgIpc) is 3.29. The first-order valence-electron chi connectivity index (χ1n) is 14.3. The fourth-order valence-corrected chi connectivity index (χ4v) is 7.23. The molecule has 2 bridgehead atoms. The summed E-state index contributed by atoms with van der Waals surface area (Å²) in [7, 11) is 2.13. The highest BCUT2D eigenvalue weighted by molar-refractivity contribution is 6.36. The van der Waals surface area contributed by atoms with Crippen LogP contribution >= 0.6 is 11.6 Å². The third kappa shape index (κ3) is 4.68. The number of ether oxygens (including phenoxy) is 1. The Bertz CT molecular complexity index is 1580. The van der Waals surface area contributed by atoms with Crippen LogP contribution in [0.3, 0.4) is 0 Å². The minimum absolute atomic E-state index is 0.115. The molecule has 1 aromatic heterocycles. The van der Waals surface area contributed by atoms with Crippen LogP contribution in [0, 0.1) is 17.6 Å². The van der Waals surface area contributed by atoms with Gasteiger partial charge in [-0.1, -0.05) is 41.9 Å². The highest BCUT2D eigenvalue weighted by Gasteiger charge is 2.34. The second-order valence-corrected chi connectivity index (χ2v) is 12.1. The maximum Gasteiger partial charge on any atom is 0.216 e. The van der Waals surface area contributed by atoms with Crippen molar-refractivity contribution in [3.8, 4) is 17.0 Å². The van der Waals surface area contributed by atoms with Crippen molar-refractivity contribution < 1.29 is 13.5 Å². The highest BCUT2D eigenvalue weighted by Crippen LogP contribution is 2.41. The Balaban J connectivity index is 1.36. The summed E-state index contributed by atoms with van der Waals surface area (Å²) in [4.78, 5) is 9.23. The number of fused-ring (bicyclic) bond motifs is 4. The molecule has 0 aliphatic carbocycles. The molecular weight excluding hydrogens is 530 g/mol. The van der Waals surface area contributed by atoms with E-state index < -0.39 is 11.6 Å². The molecular formula is C32H33ClF2N4O. The second kappa shape index (κ2) is 10.4. The highest BCUT2D eigenvalue weighted by atomic mass is 35.5. The van der Waals surface area contributed by atoms with Gasteiger partial charge < -0.3 is 19.9 Å². The first-order chi connectivity index (χ1) is 19.4. The van der Waals surface area contributed by atoms with Gasteiger partial charge in [-0.25, -0.2) is 13.8 Å². The Morgan fingerprint density at radius 1 is 1.02 bits per heavy atom. The van der Waals surface area contributed by atoms with Gasteiger partial charge in [0.1, 0.15) is 11.3 Å². The van der Waals surface area contributed by atoms with Crippen LogP contribution in [0.25, 0.3) is 32.8 Å². The summed E-state index contributed by atoms with van der Waals surface area (Å²) in [5.74, 6) is -0.544. The lowest BCUT2D eigenvalue weighted by molar-refractivity contribution is 0.148. The molecule has 0 saturated carbocycles. The van der Waals surface area contributed by atoms with Crippen molar-refractivity contribution in [3.63, 3.8) is 0 Å². The molecule has 0 amide bonds. The van der Waals surface area contributed by atoms with E-state index >= 15 is 8.78 Å². The molecule has 4 aromatic rings. The summed E-state index contributed by atoms with van der Waals surface area (Å²) in [6.45, 7) is 4.15. The second-order valence-electron chi connectivity index (χ2n) is 11.7. The maximum atomic E-state index is 16.6. The van der Waals surface area contributed by atoms with Gasteiger partial charge in [0.05, 0.1) is 17.9 Å². The first kappa shape index (κ1) is 25.9. The van der Waals surface area contributed by atoms with E-state index in [0.717, 1.165) is 62.9 Å². The van der Waals surface area contributed by atoms with E-state index in [1.54, 1.807) is 18.2 Å². The van der Waals surface area contributed by atoms with Crippen molar-refractivity contribution in [1.29, 1.82) is 0 Å². The van der Waals surface area contributed by atoms with Gasteiger partial charge in [0.2, 0.25) is 5.88 Å². The maximum absolute atomic E-state index is 16.6. The molecule has 0 spiro atoms. The van der Waals surface area contributed by atoms with Crippen LogP contribution in [0.1, 0.15) is 25.7 Å². The van der Waals surface area contributed by atoms with Crippen molar-refractivity contribution in [1.82, 2.24) is 15.2 Å². The molecule has 1 unspecified atom stereocenters. The molecule has 3 atom stereocenters. The van der Waals surface area contributed by atoms with E-state index in [1.165, 1.54) is 6.07 Å². The van der Waals surface area contributed by atoms with Gasteiger partial charge in [-0.3, -0.25) is 0 Å². The van der Waals surface area contributed by atoms with Crippen LogP contribution in [-0.2, 0) is 0 Å². The van der Waals surface area contributed by atoms with Gasteiger partial charge in [0.25, 0.3) is 0 Å². The Morgan fingerprint density at radius 2 is 1.80 bits per heavy atom. The summed E-state index contributed by atoms with van der Waals surface area (Å²) in [5.41, 5.74) is 1.20. The molecule has 3 aliphatic heterocycles. The Kier molecular flexibility index (Phi) is 6.77. The largest absolute Gasteiger partial charge is 0.477 e. The number of piperidine rings is 1. The molecule has 4 heterocycles. The summed E-state index contributed by atoms with van der Waals surface area (Å²) in [6.07, 6.45) is 4.45. The van der Waals surface area contributed by atoms with Crippen LogP contribution in [0.2, 0.25) is 5.02 Å². The third-order valence-corrected chi connectivity index (χ3v) is 9.13. The minimum atomic E-state index is -0.690. The van der Waals surface area contributed by atoms with E-state index in [1.807, 2.05) is 24.3 Å². The smallest absolute Gasteiger partial charge is 0.216 e. The third-order valence-electron chi connectivity index (χ3n) is 8.82. The summed E-state index contributed by atoms with van der Waals surface area (Å²) >= 11 is 6.55. The van der Waals surface area contributed by atoms with E-state index in [2.05, 4.69) is 27.1 Å². The van der Waals surface area contributed by atoms with Crippen LogP contribution in [0.4, 0.5) is 14.5 Å². The van der Waals surface area contributed by atoms with Crippen molar-refractivity contribution in [2.75, 3.05) is 44.7 Å². The fourth-order valence-electron chi connectivity index (χ4n) is 6.94. The number of hydrogen-bond acceptors (Lipinski definition) is 5. The quantitative estimate of drug-likeness (QED) is 0.295. The van der Waals surface area contributed by atoms with Gasteiger partial charge in [-0.2, -0.15) is 0 Å². The molecule has 3 fully saturated rings. The number of nitrogens with one attached hydrogen (secondary N) is 1. The molecule has 1 N–H and O–H groups in total. The molecule has 8 heteroatoms. The standard InChI is InChI=1S/C32H33ClF2N4O/c1-38-12-4-5-19(15-38)18-40-28-14-27(39-16-21-10-11-22(17-39)36-21)24-13-26(34)30(31(35)32(24)37-28)23-8-2-6-20-7-3-9-25(33)29(20)23/h2-3,6-9,13-14,19,21-22,36H,4-5,10-12,15-18H2,1H3/t19?,21-,22+. The van der Waals surface area contributed by atoms with E-state index in [0.29, 0.717) is 51.8 Å². The van der Waals surface area contributed by atoms with Crippen molar-refractivity contribution in [3.05, 3.63) is 65.2 Å². The Labute approximate surface area is 238 Å². The topological polar surface area (TPSA) is 40.6 Å². The van der Waals surface area contributed by atoms with Crippen molar-refractivity contribution in [2.45, 2.75) is 37.8 Å². The lowest BCUT2D eigenvalue weighted by Crippen LogP contribution is -2.51. The Hall–Kier alpha value is -3.00. The number of aromatic nitrogens is 1. The molecule has 3 saturated heterocycles. The zero-order valence-electron chi connectivity index (χ0n) is 22.6. The van der Waals surface area contributed by atoms with Crippen LogP contribution in [0.15, 0.2) is 48.5 Å². The molecule has 3 aromatic carbocycles. The summed E-state index contributed by atoms with van der Waals surface area (Å²) in [6, 6.07) is 15.0. The average molecular weight is 563 g/mol. The number of piperazine rings is 1. The number of halogens is 3. The fraction of sp³-hybridized carbons (Fsp3) is 0.406. The number of likely N-dealkylation sites (tertiary alicyclic amines) is 1.